The minimum absolute atomic E-state index is 0.354. The maximum Gasteiger partial charge on any atom is 0.0751 e. The molecule has 0 aromatic heterocycles. The number of hydrogen-bond acceptors (Lipinski definition) is 3. The lowest BCUT2D eigenvalue weighted by molar-refractivity contribution is -0.0835. The Morgan fingerprint density at radius 3 is 1.21 bits per heavy atom. The molecule has 452 valence electrons. The van der Waals surface area contributed by atoms with Gasteiger partial charge >= 0.3 is 0 Å². The molecule has 3 nitrogen and oxygen atoms in total. The molecule has 13 rings (SSSR count). The van der Waals surface area contributed by atoms with Crippen molar-refractivity contribution in [2.75, 3.05) is 26.2 Å². The highest BCUT2D eigenvalue weighted by Gasteiger charge is 2.69. The van der Waals surface area contributed by atoms with Crippen molar-refractivity contribution in [3.63, 3.8) is 0 Å². The highest BCUT2D eigenvalue weighted by atomic mass is 16.5. The Balaban J connectivity index is 0.00000105. The van der Waals surface area contributed by atoms with Crippen molar-refractivity contribution in [3.05, 3.63) is 0 Å². The first-order valence-electron chi connectivity index (χ1n) is 36.4. The van der Waals surface area contributed by atoms with Crippen molar-refractivity contribution >= 4 is 0 Å². The number of fused-ring (bicyclic) bond motifs is 13. The van der Waals surface area contributed by atoms with Crippen LogP contribution < -0.4 is 0 Å². The van der Waals surface area contributed by atoms with Crippen molar-refractivity contribution in [1.29, 1.82) is 0 Å². The summed E-state index contributed by atoms with van der Waals surface area (Å²) in [5, 5.41) is 0. The van der Waals surface area contributed by atoms with Gasteiger partial charge in [0, 0.05) is 25.2 Å². The number of hydrogen-bond donors (Lipinski definition) is 0. The van der Waals surface area contributed by atoms with Gasteiger partial charge in [-0.05, 0) is 224 Å². The second-order valence-electron chi connectivity index (χ2n) is 22.5. The van der Waals surface area contributed by atoms with Crippen LogP contribution in [0.25, 0.3) is 0 Å². The predicted octanol–water partition coefficient (Wildman–Crippen LogP) is 22.9. The molecule has 5 aliphatic heterocycles. The minimum atomic E-state index is 0.354. The van der Waals surface area contributed by atoms with Crippen LogP contribution in [0.4, 0.5) is 0 Å². The Morgan fingerprint density at radius 1 is 0.280 bits per heavy atom. The Morgan fingerprint density at radius 2 is 0.693 bits per heavy atom. The standard InChI is InChI=1S/C24H37NO.C24H39N.12C2H6/c1-2-11-25-14-20-15(12-16(25)4-1)7-8-17-19(20)13-24-21-5-3-6-23(26-24)18(21)9-10-22(17)24;1-2-7-19-16(5-1)8-10-20-21-11-9-17-13-18-6-3-4-12-25(18)15-24(17)23(21)14-22(19)20;12*1-2/h15-23H,1-14H2;16-24H,1-15H2;12*1-2H3. The van der Waals surface area contributed by atoms with Crippen molar-refractivity contribution in [1.82, 2.24) is 9.80 Å². The monoisotopic (exact) mass is 1060 g/mol. The van der Waals surface area contributed by atoms with Crippen LogP contribution in [0.5, 0.6) is 0 Å². The first kappa shape index (κ1) is 74.9. The number of nitrogens with zero attached hydrogens (tertiary/aromatic N) is 2. The molecule has 13 aliphatic rings. The molecule has 0 radical (unpaired) electrons. The van der Waals surface area contributed by atoms with Crippen molar-refractivity contribution in [2.45, 2.75) is 350 Å². The van der Waals surface area contributed by atoms with Gasteiger partial charge in [-0.1, -0.05) is 205 Å². The Hall–Kier alpha value is -0.120. The summed E-state index contributed by atoms with van der Waals surface area (Å²) >= 11 is 0. The normalized spacial score (nSPS) is 40.5. The smallest absolute Gasteiger partial charge is 0.0751 e. The maximum atomic E-state index is 7.09. The summed E-state index contributed by atoms with van der Waals surface area (Å²) in [5.41, 5.74) is 0.354. The fourth-order valence-electron chi connectivity index (χ4n) is 19.5. The molecule has 3 heteroatoms. The number of piperidine rings is 4. The van der Waals surface area contributed by atoms with Crippen LogP contribution in [-0.4, -0.2) is 59.8 Å². The quantitative estimate of drug-likeness (QED) is 0.240. The molecule has 8 aliphatic carbocycles. The van der Waals surface area contributed by atoms with Gasteiger partial charge in [0.2, 0.25) is 0 Å². The lowest BCUT2D eigenvalue weighted by Crippen LogP contribution is -2.53. The molecule has 75 heavy (non-hydrogen) atoms. The highest BCUT2D eigenvalue weighted by Crippen LogP contribution is 2.69. The summed E-state index contributed by atoms with van der Waals surface area (Å²) in [6.45, 7) is 53.8. The SMILES string of the molecule is C1CCC2C(C1)CCC1C2CC2C3CN4CCCCC4CC3CCC21.C1CCN2CC3C(CCC4C3CC35OC6CCCC3C6CCC45)CC2C1.CC.CC.CC.CC.CC.CC.CC.CC.CC.CC.CC.CC. The zero-order valence-corrected chi connectivity index (χ0v) is 56.7. The first-order chi connectivity index (χ1) is 37.2. The van der Waals surface area contributed by atoms with Crippen LogP contribution >= 0.6 is 0 Å². The third-order valence-corrected chi connectivity index (χ3v) is 21.2. The molecule has 13 fully saturated rings. The highest BCUT2D eigenvalue weighted by molar-refractivity contribution is 5.18. The molecule has 19 atom stereocenters. The van der Waals surface area contributed by atoms with Gasteiger partial charge in [-0.2, -0.15) is 0 Å². The first-order valence-corrected chi connectivity index (χ1v) is 36.4. The van der Waals surface area contributed by atoms with E-state index in [-0.39, 0.29) is 0 Å². The third kappa shape index (κ3) is 17.2. The molecule has 0 N–H and O–H groups in total. The van der Waals surface area contributed by atoms with Crippen LogP contribution in [0.15, 0.2) is 0 Å². The molecular formula is C72H148N2O. The lowest BCUT2D eigenvalue weighted by Gasteiger charge is -2.52. The third-order valence-electron chi connectivity index (χ3n) is 21.2. The second-order valence-corrected chi connectivity index (χ2v) is 22.5. The van der Waals surface area contributed by atoms with E-state index >= 15 is 0 Å². The fraction of sp³-hybridized carbons (Fsp3) is 1.00. The molecule has 8 saturated carbocycles. The Kier molecular flexibility index (Phi) is 42.6. The topological polar surface area (TPSA) is 15.7 Å². The molecule has 0 amide bonds. The second kappa shape index (κ2) is 42.7. The molecule has 0 aromatic rings. The maximum absolute atomic E-state index is 7.09. The Bertz CT molecular complexity index is 1290. The summed E-state index contributed by atoms with van der Waals surface area (Å²) < 4.78 is 7.09. The van der Waals surface area contributed by atoms with Crippen molar-refractivity contribution in [2.24, 2.45) is 88.8 Å². The summed E-state index contributed by atoms with van der Waals surface area (Å²) in [6, 6.07) is 1.94. The fourth-order valence-corrected chi connectivity index (χ4v) is 19.5. The molecule has 0 aromatic carbocycles. The summed E-state index contributed by atoms with van der Waals surface area (Å²) in [7, 11) is 0. The van der Waals surface area contributed by atoms with Gasteiger partial charge in [0.25, 0.3) is 0 Å². The van der Waals surface area contributed by atoms with Gasteiger partial charge in [-0.15, -0.1) is 0 Å². The summed E-state index contributed by atoms with van der Waals surface area (Å²) in [6.07, 6.45) is 39.1. The van der Waals surface area contributed by atoms with Gasteiger partial charge < -0.3 is 14.5 Å². The number of ether oxygens (including phenoxy) is 1. The van der Waals surface area contributed by atoms with E-state index in [4.69, 9.17) is 4.74 Å². The van der Waals surface area contributed by atoms with E-state index in [1.165, 1.54) is 103 Å². The summed E-state index contributed by atoms with van der Waals surface area (Å²) in [4.78, 5) is 5.89. The zero-order chi connectivity index (χ0) is 57.3. The largest absolute Gasteiger partial charge is 0.371 e. The van der Waals surface area contributed by atoms with Crippen LogP contribution in [0.3, 0.4) is 0 Å². The van der Waals surface area contributed by atoms with Crippen LogP contribution in [-0.2, 0) is 4.74 Å². The predicted molar refractivity (Wildman–Crippen MR) is 342 cm³/mol. The van der Waals surface area contributed by atoms with E-state index in [0.29, 0.717) is 11.7 Å². The van der Waals surface area contributed by atoms with Gasteiger partial charge in [-0.3, -0.25) is 0 Å². The van der Waals surface area contributed by atoms with E-state index in [0.717, 1.165) is 101 Å². The number of rotatable bonds is 0. The summed E-state index contributed by atoms with van der Waals surface area (Å²) in [5.74, 6) is 16.1. The van der Waals surface area contributed by atoms with Crippen molar-refractivity contribution in [3.8, 4) is 0 Å². The average Bonchev–Trinajstić information content (AvgIpc) is 4.10. The van der Waals surface area contributed by atoms with Gasteiger partial charge in [-0.25, -0.2) is 0 Å². The molecule has 4 bridgehead atoms. The molecular weight excluding hydrogens is 909 g/mol. The Labute approximate surface area is 477 Å². The van der Waals surface area contributed by atoms with Gasteiger partial charge in [0.15, 0.2) is 0 Å². The van der Waals surface area contributed by atoms with E-state index in [9.17, 15) is 0 Å². The lowest BCUT2D eigenvalue weighted by atomic mass is 9.59. The van der Waals surface area contributed by atoms with E-state index in [1.807, 2.05) is 166 Å². The molecule has 5 saturated heterocycles. The van der Waals surface area contributed by atoms with Crippen LogP contribution in [0, 0.1) is 88.8 Å². The van der Waals surface area contributed by atoms with Crippen molar-refractivity contribution < 1.29 is 4.74 Å². The van der Waals surface area contributed by atoms with Gasteiger partial charge in [0.1, 0.15) is 0 Å². The van der Waals surface area contributed by atoms with Crippen LogP contribution in [0.2, 0.25) is 0 Å². The zero-order valence-electron chi connectivity index (χ0n) is 56.7. The van der Waals surface area contributed by atoms with Gasteiger partial charge in [0.05, 0.1) is 11.7 Å². The molecule has 19 unspecified atom stereocenters. The molecule has 5 heterocycles. The van der Waals surface area contributed by atoms with E-state index in [1.54, 1.807) is 83.5 Å². The average molecular weight is 1060 g/mol. The van der Waals surface area contributed by atoms with Crippen LogP contribution in [0.1, 0.15) is 327 Å². The molecule has 1 spiro atoms. The minimum Gasteiger partial charge on any atom is -0.371 e. The van der Waals surface area contributed by atoms with E-state index < -0.39 is 0 Å². The van der Waals surface area contributed by atoms with E-state index in [2.05, 4.69) is 9.80 Å².